The van der Waals surface area contributed by atoms with Gasteiger partial charge in [-0.2, -0.15) is 0 Å². The smallest absolute Gasteiger partial charge is 0.339 e. The second-order valence-corrected chi connectivity index (χ2v) is 7.31. The van der Waals surface area contributed by atoms with E-state index in [0.717, 1.165) is 19.4 Å². The van der Waals surface area contributed by atoms with Gasteiger partial charge in [0.15, 0.2) is 0 Å². The molecule has 24 heavy (non-hydrogen) atoms. The fourth-order valence-corrected chi connectivity index (χ4v) is 4.61. The number of ether oxygens (including phenoxy) is 1. The van der Waals surface area contributed by atoms with Gasteiger partial charge < -0.3 is 14.6 Å². The predicted octanol–water partition coefficient (Wildman–Crippen LogP) is 2.08. The fraction of sp³-hybridized carbons (Fsp3) is 0.444. The number of quaternary nitrogens is 1. The third-order valence-electron chi connectivity index (χ3n) is 4.86. The van der Waals surface area contributed by atoms with Crippen molar-refractivity contribution in [3.63, 3.8) is 0 Å². The molecule has 5 nitrogen and oxygen atoms in total. The first kappa shape index (κ1) is 16.9. The second-order valence-electron chi connectivity index (χ2n) is 6.34. The number of H-pyrrole nitrogens is 1. The summed E-state index contributed by atoms with van der Waals surface area (Å²) in [5.74, 6) is -0.338. The van der Waals surface area contributed by atoms with E-state index in [2.05, 4.69) is 22.5 Å². The Morgan fingerprint density at radius 1 is 1.42 bits per heavy atom. The summed E-state index contributed by atoms with van der Waals surface area (Å²) in [6, 6.07) is 4.63. The van der Waals surface area contributed by atoms with Crippen molar-refractivity contribution in [1.82, 2.24) is 4.98 Å². The van der Waals surface area contributed by atoms with Crippen LogP contribution >= 0.6 is 11.3 Å². The van der Waals surface area contributed by atoms with Crippen LogP contribution in [0.2, 0.25) is 0 Å². The van der Waals surface area contributed by atoms with E-state index in [4.69, 9.17) is 4.74 Å². The number of aromatic amines is 1. The van der Waals surface area contributed by atoms with Gasteiger partial charge in [0.05, 0.1) is 29.8 Å². The summed E-state index contributed by atoms with van der Waals surface area (Å²) >= 11 is 1.76. The molecule has 0 amide bonds. The molecule has 6 heteroatoms. The van der Waals surface area contributed by atoms with Crippen LogP contribution in [0.5, 0.6) is 0 Å². The number of aromatic nitrogens is 1. The van der Waals surface area contributed by atoms with Gasteiger partial charge in [0.1, 0.15) is 12.6 Å². The minimum Gasteiger partial charge on any atom is -0.465 e. The van der Waals surface area contributed by atoms with Crippen LogP contribution in [0.25, 0.3) is 0 Å². The molecule has 2 aromatic rings. The fourth-order valence-electron chi connectivity index (χ4n) is 3.69. The van der Waals surface area contributed by atoms with Crippen LogP contribution in [0.4, 0.5) is 0 Å². The van der Waals surface area contributed by atoms with Crippen molar-refractivity contribution in [3.8, 4) is 0 Å². The lowest BCUT2D eigenvalue weighted by Gasteiger charge is -2.19. The standard InChI is InChI=1S/C18H22N2O3S/c1-11-16(18(22)23-3)12(2)19-17(11)14(21)10-20-8-4-6-13(20)15-7-5-9-24-15/h5,7,9,13,19H,4,6,8,10H2,1-3H3/p+1/t13-/m1/s1. The highest BCUT2D eigenvalue weighted by Crippen LogP contribution is 2.24. The Hall–Kier alpha value is -1.92. The molecule has 128 valence electrons. The molecule has 3 heterocycles. The number of carbonyl (C=O) groups excluding carboxylic acids is 2. The molecule has 1 aliphatic rings. The van der Waals surface area contributed by atoms with E-state index >= 15 is 0 Å². The van der Waals surface area contributed by atoms with Gasteiger partial charge in [-0.15, -0.1) is 11.3 Å². The summed E-state index contributed by atoms with van der Waals surface area (Å²) in [4.78, 5) is 30.5. The average Bonchev–Trinajstić information content (AvgIpc) is 3.27. The van der Waals surface area contributed by atoms with Crippen molar-refractivity contribution in [2.75, 3.05) is 20.2 Å². The van der Waals surface area contributed by atoms with Gasteiger partial charge in [-0.05, 0) is 30.9 Å². The molecule has 0 radical (unpaired) electrons. The highest BCUT2D eigenvalue weighted by molar-refractivity contribution is 7.10. The van der Waals surface area contributed by atoms with Crippen LogP contribution in [0, 0.1) is 13.8 Å². The van der Waals surface area contributed by atoms with E-state index in [0.29, 0.717) is 35.1 Å². The van der Waals surface area contributed by atoms with Crippen LogP contribution < -0.4 is 4.90 Å². The molecule has 1 saturated heterocycles. The second kappa shape index (κ2) is 6.91. The number of thiophene rings is 1. The van der Waals surface area contributed by atoms with Crippen LogP contribution in [-0.4, -0.2) is 36.9 Å². The minimum atomic E-state index is -0.398. The SMILES string of the molecule is COC(=O)c1c(C)[nH]c(C(=O)C[NH+]2CCC[C@@H]2c2cccs2)c1C. The zero-order chi connectivity index (χ0) is 17.3. The van der Waals surface area contributed by atoms with Gasteiger partial charge in [-0.1, -0.05) is 6.07 Å². The van der Waals surface area contributed by atoms with E-state index in [9.17, 15) is 9.59 Å². The number of rotatable bonds is 5. The Morgan fingerprint density at radius 3 is 2.88 bits per heavy atom. The van der Waals surface area contributed by atoms with E-state index in [-0.39, 0.29) is 5.78 Å². The summed E-state index contributed by atoms with van der Waals surface area (Å²) in [6.45, 7) is 5.06. The first-order valence-electron chi connectivity index (χ1n) is 8.21. The molecule has 1 unspecified atom stereocenters. The van der Waals surface area contributed by atoms with Crippen molar-refractivity contribution in [2.45, 2.75) is 32.7 Å². The zero-order valence-corrected chi connectivity index (χ0v) is 15.1. The average molecular weight is 347 g/mol. The van der Waals surface area contributed by atoms with Gasteiger partial charge in [0, 0.05) is 18.5 Å². The lowest BCUT2D eigenvalue weighted by Crippen LogP contribution is -3.11. The van der Waals surface area contributed by atoms with E-state index in [1.807, 2.05) is 0 Å². The van der Waals surface area contributed by atoms with Crippen molar-refractivity contribution in [3.05, 3.63) is 44.9 Å². The molecular weight excluding hydrogens is 324 g/mol. The highest BCUT2D eigenvalue weighted by atomic mass is 32.1. The maximum atomic E-state index is 12.8. The number of nitrogens with one attached hydrogen (secondary N) is 2. The number of Topliss-reactive ketones (excluding diaryl/α,β-unsaturated/α-hetero) is 1. The molecule has 3 rings (SSSR count). The van der Waals surface area contributed by atoms with Crippen molar-refractivity contribution in [1.29, 1.82) is 0 Å². The van der Waals surface area contributed by atoms with Crippen molar-refractivity contribution < 1.29 is 19.2 Å². The van der Waals surface area contributed by atoms with Crippen molar-refractivity contribution in [2.24, 2.45) is 0 Å². The van der Waals surface area contributed by atoms with E-state index in [1.54, 1.807) is 25.2 Å². The van der Waals surface area contributed by atoms with Crippen molar-refractivity contribution >= 4 is 23.1 Å². The maximum Gasteiger partial charge on any atom is 0.339 e. The van der Waals surface area contributed by atoms with Gasteiger partial charge in [-0.25, -0.2) is 4.79 Å². The van der Waals surface area contributed by atoms with Crippen LogP contribution in [-0.2, 0) is 4.74 Å². The molecule has 0 aliphatic carbocycles. The van der Waals surface area contributed by atoms with Crippen LogP contribution in [0.1, 0.15) is 55.9 Å². The summed E-state index contributed by atoms with van der Waals surface area (Å²) in [5.41, 5.74) is 2.40. The Morgan fingerprint density at radius 2 is 2.21 bits per heavy atom. The molecule has 0 aromatic carbocycles. The summed E-state index contributed by atoms with van der Waals surface area (Å²) < 4.78 is 4.82. The Labute approximate surface area is 145 Å². The number of ketones is 1. The first-order valence-corrected chi connectivity index (χ1v) is 9.09. The Bertz CT molecular complexity index is 749. The lowest BCUT2D eigenvalue weighted by atomic mass is 10.1. The Balaban J connectivity index is 1.79. The topological polar surface area (TPSA) is 63.6 Å². The van der Waals surface area contributed by atoms with Gasteiger partial charge in [0.2, 0.25) is 5.78 Å². The predicted molar refractivity (Wildman–Crippen MR) is 92.9 cm³/mol. The minimum absolute atomic E-state index is 0.0595. The number of carbonyl (C=O) groups is 2. The first-order chi connectivity index (χ1) is 11.5. The molecule has 0 saturated carbocycles. The molecular formula is C18H23N2O3S+. The molecule has 0 spiro atoms. The third-order valence-corrected chi connectivity index (χ3v) is 5.85. The molecule has 0 bridgehead atoms. The largest absolute Gasteiger partial charge is 0.465 e. The number of aryl methyl sites for hydroxylation is 1. The monoisotopic (exact) mass is 347 g/mol. The third kappa shape index (κ3) is 3.03. The number of esters is 1. The number of hydrogen-bond acceptors (Lipinski definition) is 4. The number of hydrogen-bond donors (Lipinski definition) is 2. The summed E-state index contributed by atoms with van der Waals surface area (Å²) in [5, 5.41) is 2.09. The van der Waals surface area contributed by atoms with Gasteiger partial charge >= 0.3 is 5.97 Å². The summed E-state index contributed by atoms with van der Waals surface area (Å²) in [7, 11) is 1.36. The van der Waals surface area contributed by atoms with Crippen LogP contribution in [0.3, 0.4) is 0 Å². The highest BCUT2D eigenvalue weighted by Gasteiger charge is 2.33. The zero-order valence-electron chi connectivity index (χ0n) is 14.3. The normalized spacial score (nSPS) is 20.3. The molecule has 2 atom stereocenters. The molecule has 2 aromatic heterocycles. The molecule has 1 fully saturated rings. The van der Waals surface area contributed by atoms with Gasteiger partial charge in [0.25, 0.3) is 0 Å². The lowest BCUT2D eigenvalue weighted by molar-refractivity contribution is -0.909. The molecule has 1 aliphatic heterocycles. The number of methoxy groups -OCH3 is 1. The summed E-state index contributed by atoms with van der Waals surface area (Å²) in [6.07, 6.45) is 2.26. The number of likely N-dealkylation sites (tertiary alicyclic amines) is 1. The molecule has 2 N–H and O–H groups in total. The Kier molecular flexibility index (Phi) is 4.87. The van der Waals surface area contributed by atoms with E-state index < -0.39 is 5.97 Å². The van der Waals surface area contributed by atoms with Crippen LogP contribution in [0.15, 0.2) is 17.5 Å². The van der Waals surface area contributed by atoms with E-state index in [1.165, 1.54) is 16.9 Å². The quantitative estimate of drug-likeness (QED) is 0.643. The maximum absolute atomic E-state index is 12.8. The van der Waals surface area contributed by atoms with Gasteiger partial charge in [-0.3, -0.25) is 4.79 Å².